The zero-order valence-electron chi connectivity index (χ0n) is 18.5. The van der Waals surface area contributed by atoms with E-state index in [0.717, 1.165) is 4.90 Å². The van der Waals surface area contributed by atoms with Crippen LogP contribution in [0.15, 0.2) is 0 Å². The predicted octanol–water partition coefficient (Wildman–Crippen LogP) is -4.23. The highest BCUT2D eigenvalue weighted by Crippen LogP contribution is 2.20. The van der Waals surface area contributed by atoms with Gasteiger partial charge >= 0.3 is 5.97 Å². The summed E-state index contributed by atoms with van der Waals surface area (Å²) in [5, 5.41) is 13.9. The largest absolute Gasteiger partial charge is 0.480 e. The summed E-state index contributed by atoms with van der Waals surface area (Å²) in [5.41, 5.74) is 20.9. The van der Waals surface area contributed by atoms with Crippen molar-refractivity contribution in [1.29, 1.82) is 0 Å². The number of likely N-dealkylation sites (tertiary alicyclic amines) is 1. The number of carbonyl (C=O) groups excluding carboxylic acids is 6. The number of hydrogen-bond acceptors (Lipinski definition) is 8. The number of rotatable bonds is 14. The van der Waals surface area contributed by atoms with Gasteiger partial charge < -0.3 is 43.6 Å². The third-order valence-electron chi connectivity index (χ3n) is 5.19. The monoisotopic (exact) mass is 485 g/mol. The van der Waals surface area contributed by atoms with Gasteiger partial charge in [-0.25, -0.2) is 4.79 Å². The third kappa shape index (κ3) is 9.01. The van der Waals surface area contributed by atoms with E-state index in [1.54, 1.807) is 0 Å². The van der Waals surface area contributed by atoms with Crippen LogP contribution in [0.3, 0.4) is 0 Å². The lowest BCUT2D eigenvalue weighted by molar-refractivity contribution is -0.145. The van der Waals surface area contributed by atoms with Crippen LogP contribution >= 0.6 is 0 Å². The van der Waals surface area contributed by atoms with E-state index in [1.807, 2.05) is 0 Å². The number of nitrogens with zero attached hydrogens (tertiary/aromatic N) is 1. The molecular formula is C19H31N7O8. The molecule has 1 saturated heterocycles. The van der Waals surface area contributed by atoms with Crippen LogP contribution in [0.2, 0.25) is 0 Å². The summed E-state index contributed by atoms with van der Waals surface area (Å²) < 4.78 is 0. The van der Waals surface area contributed by atoms with Crippen molar-refractivity contribution in [2.24, 2.45) is 22.9 Å². The number of amides is 6. The molecule has 34 heavy (non-hydrogen) atoms. The molecule has 1 fully saturated rings. The van der Waals surface area contributed by atoms with Gasteiger partial charge in [0.25, 0.3) is 0 Å². The van der Waals surface area contributed by atoms with E-state index in [9.17, 15) is 38.7 Å². The Morgan fingerprint density at radius 2 is 1.47 bits per heavy atom. The van der Waals surface area contributed by atoms with E-state index >= 15 is 0 Å². The Labute approximate surface area is 194 Å². The van der Waals surface area contributed by atoms with Crippen molar-refractivity contribution in [3.63, 3.8) is 0 Å². The first-order valence-corrected chi connectivity index (χ1v) is 10.6. The fourth-order valence-electron chi connectivity index (χ4n) is 3.42. The number of nitrogens with two attached hydrogens (primary N) is 4. The summed E-state index contributed by atoms with van der Waals surface area (Å²) >= 11 is 0. The maximum Gasteiger partial charge on any atom is 0.326 e. The molecule has 1 aliphatic rings. The Morgan fingerprint density at radius 1 is 0.882 bits per heavy atom. The second kappa shape index (κ2) is 13.1. The van der Waals surface area contributed by atoms with Crippen LogP contribution < -0.4 is 33.6 Å². The molecule has 0 radical (unpaired) electrons. The second-order valence-electron chi connectivity index (χ2n) is 7.94. The second-order valence-corrected chi connectivity index (χ2v) is 7.94. The SMILES string of the molecule is NC(=O)CCC(N)C(=O)NC(CC(N)=O)C(=O)N1CCCC1C(=O)NC(CCC(N)=O)C(=O)O. The van der Waals surface area contributed by atoms with Crippen molar-refractivity contribution < 1.29 is 38.7 Å². The average Bonchev–Trinajstić information content (AvgIpc) is 3.22. The van der Waals surface area contributed by atoms with Gasteiger partial charge in [-0.3, -0.25) is 28.8 Å². The minimum absolute atomic E-state index is 0.0880. The summed E-state index contributed by atoms with van der Waals surface area (Å²) in [5.74, 6) is -6.07. The smallest absolute Gasteiger partial charge is 0.326 e. The number of aliphatic carboxylic acids is 1. The van der Waals surface area contributed by atoms with Crippen LogP contribution in [0.1, 0.15) is 44.9 Å². The molecule has 4 atom stereocenters. The maximum atomic E-state index is 13.1. The molecule has 0 bridgehead atoms. The Kier molecular flexibility index (Phi) is 10.9. The quantitative estimate of drug-likeness (QED) is 0.125. The van der Waals surface area contributed by atoms with Gasteiger partial charge in [0.2, 0.25) is 35.4 Å². The molecule has 0 spiro atoms. The maximum absolute atomic E-state index is 13.1. The standard InChI is InChI=1S/C19H31N7O8/c20-9(3-5-13(21)27)16(30)25-11(8-15(23)29)18(32)26-7-1-2-12(26)17(31)24-10(19(33)34)4-6-14(22)28/h9-12H,1-8,20H2,(H2,21,27)(H2,22,28)(H2,23,29)(H,24,31)(H,25,30)(H,33,34). The lowest BCUT2D eigenvalue weighted by atomic mass is 10.1. The molecule has 0 aliphatic carbocycles. The zero-order chi connectivity index (χ0) is 26.0. The molecule has 11 N–H and O–H groups in total. The van der Waals surface area contributed by atoms with Crippen molar-refractivity contribution >= 4 is 41.4 Å². The number of primary amides is 3. The molecule has 6 amide bonds. The highest BCUT2D eigenvalue weighted by molar-refractivity contribution is 5.96. The number of carbonyl (C=O) groups is 7. The Balaban J connectivity index is 2.93. The van der Waals surface area contributed by atoms with Gasteiger partial charge in [-0.2, -0.15) is 0 Å². The molecule has 0 aromatic heterocycles. The summed E-state index contributed by atoms with van der Waals surface area (Å²) in [6, 6.07) is -5.08. The molecule has 15 nitrogen and oxygen atoms in total. The normalized spacial score (nSPS) is 17.8. The van der Waals surface area contributed by atoms with Crippen LogP contribution in [0.5, 0.6) is 0 Å². The van der Waals surface area contributed by atoms with Crippen LogP contribution in [-0.2, 0) is 33.6 Å². The molecule has 190 valence electrons. The summed E-state index contributed by atoms with van der Waals surface area (Å²) in [6.45, 7) is 0.106. The fraction of sp³-hybridized carbons (Fsp3) is 0.632. The number of nitrogens with one attached hydrogen (secondary N) is 2. The van der Waals surface area contributed by atoms with Crippen LogP contribution in [-0.4, -0.2) is 82.1 Å². The Hall–Kier alpha value is -3.75. The van der Waals surface area contributed by atoms with Crippen molar-refractivity contribution in [3.8, 4) is 0 Å². The molecule has 0 aromatic carbocycles. The topological polar surface area (TPSA) is 271 Å². The summed E-state index contributed by atoms with van der Waals surface area (Å²) in [4.78, 5) is 84.0. The molecule has 1 aliphatic heterocycles. The van der Waals surface area contributed by atoms with Crippen molar-refractivity contribution in [1.82, 2.24) is 15.5 Å². The molecule has 0 saturated carbocycles. The van der Waals surface area contributed by atoms with Crippen molar-refractivity contribution in [2.75, 3.05) is 6.54 Å². The van der Waals surface area contributed by atoms with E-state index < -0.39 is 72.0 Å². The number of hydrogen-bond donors (Lipinski definition) is 7. The van der Waals surface area contributed by atoms with Crippen LogP contribution in [0, 0.1) is 0 Å². The Morgan fingerprint density at radius 3 is 2.00 bits per heavy atom. The van der Waals surface area contributed by atoms with Gasteiger partial charge in [-0.05, 0) is 25.7 Å². The number of carboxylic acids is 1. The van der Waals surface area contributed by atoms with Crippen LogP contribution in [0.25, 0.3) is 0 Å². The zero-order valence-corrected chi connectivity index (χ0v) is 18.5. The minimum Gasteiger partial charge on any atom is -0.480 e. The van der Waals surface area contributed by atoms with E-state index in [0.29, 0.717) is 6.42 Å². The number of carboxylic acid groups (broad SMARTS) is 1. The lowest BCUT2D eigenvalue weighted by Crippen LogP contribution is -2.57. The highest BCUT2D eigenvalue weighted by atomic mass is 16.4. The first kappa shape index (κ1) is 28.3. The predicted molar refractivity (Wildman–Crippen MR) is 115 cm³/mol. The third-order valence-corrected chi connectivity index (χ3v) is 5.19. The average molecular weight is 485 g/mol. The van der Waals surface area contributed by atoms with E-state index in [1.165, 1.54) is 0 Å². The molecule has 15 heteroatoms. The molecule has 4 unspecified atom stereocenters. The van der Waals surface area contributed by atoms with E-state index in [-0.39, 0.29) is 38.6 Å². The first-order valence-electron chi connectivity index (χ1n) is 10.6. The minimum atomic E-state index is -1.43. The molecular weight excluding hydrogens is 454 g/mol. The van der Waals surface area contributed by atoms with Crippen molar-refractivity contribution in [2.45, 2.75) is 69.1 Å². The van der Waals surface area contributed by atoms with Gasteiger partial charge in [0.1, 0.15) is 18.1 Å². The Bertz CT molecular complexity index is 833. The fourth-order valence-corrected chi connectivity index (χ4v) is 3.42. The van der Waals surface area contributed by atoms with Gasteiger partial charge in [-0.1, -0.05) is 0 Å². The van der Waals surface area contributed by atoms with E-state index in [4.69, 9.17) is 22.9 Å². The molecule has 1 heterocycles. The summed E-state index contributed by atoms with van der Waals surface area (Å²) in [6.07, 6.45) is -0.733. The van der Waals surface area contributed by atoms with Gasteiger partial charge in [0.05, 0.1) is 12.5 Å². The first-order chi connectivity index (χ1) is 15.8. The van der Waals surface area contributed by atoms with Gasteiger partial charge in [-0.15, -0.1) is 0 Å². The van der Waals surface area contributed by atoms with E-state index in [2.05, 4.69) is 10.6 Å². The highest BCUT2D eigenvalue weighted by Gasteiger charge is 2.39. The van der Waals surface area contributed by atoms with Crippen LogP contribution in [0.4, 0.5) is 0 Å². The van der Waals surface area contributed by atoms with Gasteiger partial charge in [0.15, 0.2) is 0 Å². The lowest BCUT2D eigenvalue weighted by Gasteiger charge is -2.29. The van der Waals surface area contributed by atoms with Gasteiger partial charge in [0, 0.05) is 19.4 Å². The molecule has 0 aromatic rings. The molecule has 1 rings (SSSR count). The summed E-state index contributed by atoms with van der Waals surface area (Å²) in [7, 11) is 0. The van der Waals surface area contributed by atoms with Crippen molar-refractivity contribution in [3.05, 3.63) is 0 Å².